The molecule has 0 saturated carbocycles. The molecular weight excluding hydrogens is 388 g/mol. The average Bonchev–Trinajstić information content (AvgIpc) is 2.82. The molecule has 152 valence electrons. The number of rotatable bonds is 6. The van der Waals surface area contributed by atoms with Gasteiger partial charge in [-0.25, -0.2) is 9.97 Å². The molecule has 0 aliphatic heterocycles. The zero-order chi connectivity index (χ0) is 21.6. The van der Waals surface area contributed by atoms with Crippen molar-refractivity contribution in [3.05, 3.63) is 89.7 Å². The Kier molecular flexibility index (Phi) is 5.77. The molecule has 31 heavy (non-hydrogen) atoms. The lowest BCUT2D eigenvalue weighted by molar-refractivity contribution is 0.284. The number of methoxy groups -OCH3 is 1. The van der Waals surface area contributed by atoms with Crippen molar-refractivity contribution >= 4 is 28.4 Å². The summed E-state index contributed by atoms with van der Waals surface area (Å²) in [6.45, 7) is 0.431. The van der Waals surface area contributed by atoms with Crippen LogP contribution in [0.1, 0.15) is 17.0 Å². The third-order valence-electron chi connectivity index (χ3n) is 4.73. The number of nitrogens with two attached hydrogens (primary N) is 1. The highest BCUT2D eigenvalue weighted by Gasteiger charge is 2.11. The van der Waals surface area contributed by atoms with E-state index in [9.17, 15) is 5.26 Å². The number of nitrogen functional groups attached to an aromatic ring is 1. The molecule has 0 atom stereocenters. The minimum atomic E-state index is 0.280. The van der Waals surface area contributed by atoms with Crippen LogP contribution in [0.4, 0.5) is 5.82 Å². The van der Waals surface area contributed by atoms with Gasteiger partial charge in [0, 0.05) is 5.39 Å². The van der Waals surface area contributed by atoms with E-state index in [2.05, 4.69) is 16.0 Å². The average molecular weight is 408 g/mol. The van der Waals surface area contributed by atoms with E-state index in [1.807, 2.05) is 72.8 Å². The van der Waals surface area contributed by atoms with Gasteiger partial charge in [-0.05, 0) is 41.5 Å². The van der Waals surface area contributed by atoms with E-state index in [-0.39, 0.29) is 5.82 Å². The van der Waals surface area contributed by atoms with Crippen molar-refractivity contribution in [2.45, 2.75) is 6.61 Å². The number of hydrogen-bond acceptors (Lipinski definition) is 6. The molecular formula is C25H20N4O2. The van der Waals surface area contributed by atoms with Gasteiger partial charge in [-0.2, -0.15) is 5.26 Å². The topological polar surface area (TPSA) is 94.0 Å². The number of anilines is 1. The third-order valence-corrected chi connectivity index (χ3v) is 4.73. The molecule has 0 aliphatic carbocycles. The predicted molar refractivity (Wildman–Crippen MR) is 121 cm³/mol. The van der Waals surface area contributed by atoms with Gasteiger partial charge in [0.25, 0.3) is 0 Å². The zero-order valence-corrected chi connectivity index (χ0v) is 16.9. The number of para-hydroxylation sites is 1. The van der Waals surface area contributed by atoms with Gasteiger partial charge >= 0.3 is 0 Å². The maximum Gasteiger partial charge on any atom is 0.172 e. The normalized spacial score (nSPS) is 11.2. The number of benzene rings is 3. The van der Waals surface area contributed by atoms with Crippen LogP contribution < -0.4 is 15.2 Å². The summed E-state index contributed by atoms with van der Waals surface area (Å²) >= 11 is 0. The molecule has 0 unspecified atom stereocenters. The molecule has 0 aliphatic rings. The van der Waals surface area contributed by atoms with Gasteiger partial charge < -0.3 is 15.2 Å². The molecule has 0 bridgehead atoms. The van der Waals surface area contributed by atoms with Crippen molar-refractivity contribution in [2.75, 3.05) is 12.8 Å². The predicted octanol–water partition coefficient (Wildman–Crippen LogP) is 4.86. The maximum atomic E-state index is 9.70. The van der Waals surface area contributed by atoms with E-state index in [1.54, 1.807) is 13.2 Å². The number of aromatic nitrogens is 2. The summed E-state index contributed by atoms with van der Waals surface area (Å²) < 4.78 is 11.4. The van der Waals surface area contributed by atoms with Gasteiger partial charge in [0.2, 0.25) is 0 Å². The molecule has 1 heterocycles. The Balaban J connectivity index is 1.63. The first kappa shape index (κ1) is 19.9. The molecule has 0 radical (unpaired) electrons. The number of fused-ring (bicyclic) bond motifs is 1. The summed E-state index contributed by atoms with van der Waals surface area (Å²) in [5, 5.41) is 10.5. The number of ether oxygens (including phenoxy) is 2. The van der Waals surface area contributed by atoms with E-state index in [4.69, 9.17) is 15.2 Å². The Bertz CT molecular complexity index is 1290. The van der Waals surface area contributed by atoms with Crippen LogP contribution in [0.5, 0.6) is 11.5 Å². The Hall–Kier alpha value is -4.37. The zero-order valence-electron chi connectivity index (χ0n) is 16.9. The van der Waals surface area contributed by atoms with Crippen LogP contribution in [-0.2, 0) is 6.61 Å². The summed E-state index contributed by atoms with van der Waals surface area (Å²) in [4.78, 5) is 8.80. The second kappa shape index (κ2) is 8.97. The van der Waals surface area contributed by atoms with Gasteiger partial charge in [0.15, 0.2) is 17.3 Å². The van der Waals surface area contributed by atoms with Gasteiger partial charge in [-0.3, -0.25) is 0 Å². The first-order valence-electron chi connectivity index (χ1n) is 9.67. The summed E-state index contributed by atoms with van der Waals surface area (Å²) in [6.07, 6.45) is 1.70. The highest BCUT2D eigenvalue weighted by molar-refractivity contribution is 5.93. The maximum absolute atomic E-state index is 9.70. The van der Waals surface area contributed by atoms with Gasteiger partial charge in [0.1, 0.15) is 18.5 Å². The van der Waals surface area contributed by atoms with Crippen LogP contribution in [0.25, 0.3) is 22.6 Å². The SMILES string of the molecule is COc1cc(C=C(C#N)c2nc(N)c3ccccc3n2)ccc1OCc1ccccc1. The van der Waals surface area contributed by atoms with Crippen molar-refractivity contribution < 1.29 is 9.47 Å². The lowest BCUT2D eigenvalue weighted by Crippen LogP contribution is -2.00. The molecule has 4 aromatic rings. The van der Waals surface area contributed by atoms with E-state index in [0.717, 1.165) is 16.5 Å². The van der Waals surface area contributed by atoms with Gasteiger partial charge in [-0.1, -0.05) is 48.5 Å². The number of allylic oxidation sites excluding steroid dienone is 1. The Morgan fingerprint density at radius 3 is 2.55 bits per heavy atom. The summed E-state index contributed by atoms with van der Waals surface area (Å²) in [7, 11) is 1.58. The van der Waals surface area contributed by atoms with Crippen LogP contribution in [-0.4, -0.2) is 17.1 Å². The Labute approximate surface area is 180 Å². The molecule has 6 nitrogen and oxygen atoms in total. The molecule has 3 aromatic carbocycles. The van der Waals surface area contributed by atoms with Crippen LogP contribution >= 0.6 is 0 Å². The molecule has 0 amide bonds. The van der Waals surface area contributed by atoms with E-state index in [1.165, 1.54) is 0 Å². The van der Waals surface area contributed by atoms with E-state index in [0.29, 0.717) is 35.0 Å². The largest absolute Gasteiger partial charge is 0.493 e. The summed E-state index contributed by atoms with van der Waals surface area (Å²) in [6, 6.07) is 25.0. The molecule has 2 N–H and O–H groups in total. The fourth-order valence-electron chi connectivity index (χ4n) is 3.16. The second-order valence-electron chi connectivity index (χ2n) is 6.80. The van der Waals surface area contributed by atoms with Crippen molar-refractivity contribution in [1.29, 1.82) is 5.26 Å². The molecule has 4 rings (SSSR count). The van der Waals surface area contributed by atoms with Crippen LogP contribution in [0.15, 0.2) is 72.8 Å². The van der Waals surface area contributed by atoms with E-state index < -0.39 is 0 Å². The van der Waals surface area contributed by atoms with Crippen molar-refractivity contribution in [1.82, 2.24) is 9.97 Å². The molecule has 0 fully saturated rings. The lowest BCUT2D eigenvalue weighted by atomic mass is 10.1. The highest BCUT2D eigenvalue weighted by Crippen LogP contribution is 2.30. The number of nitrogens with zero attached hydrogens (tertiary/aromatic N) is 3. The van der Waals surface area contributed by atoms with Crippen molar-refractivity contribution in [3.63, 3.8) is 0 Å². The van der Waals surface area contributed by atoms with Gasteiger partial charge in [-0.15, -0.1) is 0 Å². The standard InChI is InChI=1S/C25H20N4O2/c1-30-23-14-18(11-12-22(23)31-16-17-7-3-2-4-8-17)13-19(15-26)25-28-21-10-6-5-9-20(21)24(27)29-25/h2-14H,16H2,1H3,(H2,27,28,29). The Morgan fingerprint density at radius 2 is 1.77 bits per heavy atom. The lowest BCUT2D eigenvalue weighted by Gasteiger charge is -2.11. The smallest absolute Gasteiger partial charge is 0.172 e. The number of hydrogen-bond donors (Lipinski definition) is 1. The Morgan fingerprint density at radius 1 is 1.00 bits per heavy atom. The van der Waals surface area contributed by atoms with Crippen LogP contribution in [0, 0.1) is 11.3 Å². The molecule has 0 saturated heterocycles. The quantitative estimate of drug-likeness (QED) is 0.458. The monoisotopic (exact) mass is 408 g/mol. The minimum Gasteiger partial charge on any atom is -0.493 e. The first-order chi connectivity index (χ1) is 15.2. The fourth-order valence-corrected chi connectivity index (χ4v) is 3.16. The highest BCUT2D eigenvalue weighted by atomic mass is 16.5. The number of nitriles is 1. The van der Waals surface area contributed by atoms with Crippen molar-refractivity contribution in [2.24, 2.45) is 0 Å². The van der Waals surface area contributed by atoms with Crippen LogP contribution in [0.3, 0.4) is 0 Å². The summed E-state index contributed by atoms with van der Waals surface area (Å²) in [5.74, 6) is 1.81. The third kappa shape index (κ3) is 4.46. The molecule has 0 spiro atoms. The molecule has 1 aromatic heterocycles. The fraction of sp³-hybridized carbons (Fsp3) is 0.0800. The summed E-state index contributed by atoms with van der Waals surface area (Å²) in [5.41, 5.74) is 8.88. The van der Waals surface area contributed by atoms with Gasteiger partial charge in [0.05, 0.1) is 18.2 Å². The van der Waals surface area contributed by atoms with Crippen molar-refractivity contribution in [3.8, 4) is 17.6 Å². The second-order valence-corrected chi connectivity index (χ2v) is 6.80. The van der Waals surface area contributed by atoms with E-state index >= 15 is 0 Å². The first-order valence-corrected chi connectivity index (χ1v) is 9.67. The minimum absolute atomic E-state index is 0.280. The molecule has 6 heteroatoms. The van der Waals surface area contributed by atoms with Crippen LogP contribution in [0.2, 0.25) is 0 Å².